The van der Waals surface area contributed by atoms with E-state index in [2.05, 4.69) is 189 Å². The van der Waals surface area contributed by atoms with E-state index in [0.29, 0.717) is 5.95 Å². The number of para-hydroxylation sites is 3. The predicted octanol–water partition coefficient (Wildman–Crippen LogP) is 14.5. The molecule has 60 heavy (non-hydrogen) atoms. The second kappa shape index (κ2) is 11.0. The van der Waals surface area contributed by atoms with Gasteiger partial charge in [-0.05, 0) is 52.6 Å². The van der Waals surface area contributed by atoms with Gasteiger partial charge in [0.05, 0.1) is 48.8 Å². The summed E-state index contributed by atoms with van der Waals surface area (Å²) >= 11 is 1.78. The molecule has 0 aliphatic heterocycles. The molecule has 0 bridgehead atoms. The van der Waals surface area contributed by atoms with Crippen molar-refractivity contribution >= 4 is 135 Å². The number of nitrogens with zero attached hydrogens (tertiary/aromatic N) is 5. The zero-order chi connectivity index (χ0) is 38.8. The maximum absolute atomic E-state index is 5.77. The first-order chi connectivity index (χ1) is 29.8. The van der Waals surface area contributed by atoms with E-state index in [1.165, 1.54) is 85.9 Å². The summed E-state index contributed by atoms with van der Waals surface area (Å²) in [6, 6.07) is 64.2. The zero-order valence-electron chi connectivity index (χ0n) is 31.9. The Kier molecular flexibility index (Phi) is 5.74. The molecule has 0 saturated carbocycles. The fraction of sp³-hybridized carbons (Fsp3) is 0. The van der Waals surface area contributed by atoms with Crippen molar-refractivity contribution in [3.63, 3.8) is 0 Å². The Bertz CT molecular complexity index is 4370. The van der Waals surface area contributed by atoms with Gasteiger partial charge in [-0.15, -0.1) is 11.3 Å². The second-order valence-electron chi connectivity index (χ2n) is 16.1. The first-order valence-electron chi connectivity index (χ1n) is 20.4. The first-order valence-corrected chi connectivity index (χ1v) is 21.2. The van der Waals surface area contributed by atoms with Gasteiger partial charge in [-0.3, -0.25) is 9.13 Å². The van der Waals surface area contributed by atoms with Crippen molar-refractivity contribution in [1.82, 2.24) is 23.5 Å². The van der Waals surface area contributed by atoms with Crippen LogP contribution in [0.3, 0.4) is 0 Å². The molecule has 6 heterocycles. The van der Waals surface area contributed by atoms with Crippen molar-refractivity contribution < 1.29 is 0 Å². The molecule has 15 rings (SSSR count). The fourth-order valence-corrected chi connectivity index (χ4v) is 11.9. The molecule has 0 saturated heterocycles. The van der Waals surface area contributed by atoms with Gasteiger partial charge < -0.3 is 4.40 Å². The van der Waals surface area contributed by atoms with E-state index in [9.17, 15) is 0 Å². The molecule has 9 aromatic carbocycles. The average Bonchev–Trinajstić information content (AvgIpc) is 4.10. The topological polar surface area (TPSA) is 40.0 Å². The van der Waals surface area contributed by atoms with Gasteiger partial charge in [0.25, 0.3) is 0 Å². The molecular weight excluding hydrogens is 751 g/mol. The third-order valence-electron chi connectivity index (χ3n) is 13.2. The van der Waals surface area contributed by atoms with Gasteiger partial charge in [0.1, 0.15) is 0 Å². The minimum absolute atomic E-state index is 0.660. The Morgan fingerprint density at radius 3 is 1.80 bits per heavy atom. The lowest BCUT2D eigenvalue weighted by Gasteiger charge is -2.13. The highest BCUT2D eigenvalue weighted by atomic mass is 32.1. The zero-order valence-corrected chi connectivity index (χ0v) is 32.7. The lowest BCUT2D eigenvalue weighted by molar-refractivity contribution is 0.977. The van der Waals surface area contributed by atoms with Gasteiger partial charge in [0.2, 0.25) is 5.95 Å². The van der Waals surface area contributed by atoms with Crippen LogP contribution in [0.15, 0.2) is 176 Å². The maximum Gasteiger partial charge on any atom is 0.237 e. The summed E-state index contributed by atoms with van der Waals surface area (Å²) in [5, 5.41) is 16.0. The van der Waals surface area contributed by atoms with E-state index in [1.807, 2.05) is 0 Å². The van der Waals surface area contributed by atoms with Crippen LogP contribution in [-0.2, 0) is 0 Å². The maximum atomic E-state index is 5.77. The number of aromatic nitrogens is 5. The molecule has 5 nitrogen and oxygen atoms in total. The van der Waals surface area contributed by atoms with Crippen molar-refractivity contribution in [2.24, 2.45) is 0 Å². The Labute approximate surface area is 344 Å². The SMILES string of the molecule is c1ccc2c(c1)ccc1c2c2ccccc2n1-c1nc(-n2c3ccccc3c3c4c5ccc6ccccc6c5n5c6ccccc6c(cc32)c45)c2sc3ccccc3c2n1. The monoisotopic (exact) mass is 779 g/mol. The second-order valence-corrected chi connectivity index (χ2v) is 17.1. The highest BCUT2D eigenvalue weighted by molar-refractivity contribution is 7.26. The average molecular weight is 780 g/mol. The van der Waals surface area contributed by atoms with Crippen LogP contribution >= 0.6 is 11.3 Å². The summed E-state index contributed by atoms with van der Waals surface area (Å²) in [6.45, 7) is 0. The summed E-state index contributed by atoms with van der Waals surface area (Å²) < 4.78 is 9.52. The Morgan fingerprint density at radius 1 is 0.367 bits per heavy atom. The summed E-state index contributed by atoms with van der Waals surface area (Å²) in [6.07, 6.45) is 0. The summed E-state index contributed by atoms with van der Waals surface area (Å²) in [4.78, 5) is 11.3. The van der Waals surface area contributed by atoms with Crippen LogP contribution in [0, 0.1) is 0 Å². The number of benzene rings is 9. The molecule has 6 heteroatoms. The van der Waals surface area contributed by atoms with E-state index in [-0.39, 0.29) is 0 Å². The first kappa shape index (κ1) is 31.2. The van der Waals surface area contributed by atoms with Gasteiger partial charge in [0.15, 0.2) is 5.82 Å². The van der Waals surface area contributed by atoms with E-state index in [0.717, 1.165) is 43.5 Å². The highest BCUT2D eigenvalue weighted by Gasteiger charge is 2.27. The molecule has 276 valence electrons. The van der Waals surface area contributed by atoms with Crippen LogP contribution < -0.4 is 0 Å². The van der Waals surface area contributed by atoms with Crippen molar-refractivity contribution in [2.45, 2.75) is 0 Å². The van der Waals surface area contributed by atoms with Crippen molar-refractivity contribution in [3.8, 4) is 11.8 Å². The van der Waals surface area contributed by atoms with Crippen molar-refractivity contribution in [3.05, 3.63) is 176 Å². The molecule has 0 aliphatic rings. The number of hydrogen-bond acceptors (Lipinski definition) is 3. The van der Waals surface area contributed by atoms with E-state index < -0.39 is 0 Å². The molecule has 0 N–H and O–H groups in total. The molecule has 0 atom stereocenters. The lowest BCUT2D eigenvalue weighted by Crippen LogP contribution is -2.06. The lowest BCUT2D eigenvalue weighted by atomic mass is 10.00. The Morgan fingerprint density at radius 2 is 0.983 bits per heavy atom. The standard InChI is InChI=1S/C54H29N5S/c1-3-15-32-30(13-1)26-28-43-46(32)35-18-6-11-23-42(35)58(43)54-55-49-37-20-8-12-24-45(37)60-52(49)53(56-54)57-41-22-10-7-19-36(41)47-44(57)29-39-34-17-5-9-21-40(34)59-50-33-16-4-2-14-31(33)25-27-38(50)48(47)51(39)59/h1-29H. The largest absolute Gasteiger partial charge is 0.307 e. The molecular formula is C54H29N5S. The van der Waals surface area contributed by atoms with Crippen molar-refractivity contribution in [1.29, 1.82) is 0 Å². The van der Waals surface area contributed by atoms with Crippen LogP contribution in [-0.4, -0.2) is 23.5 Å². The minimum atomic E-state index is 0.660. The third kappa shape index (κ3) is 3.74. The van der Waals surface area contributed by atoms with Gasteiger partial charge in [-0.2, -0.15) is 4.98 Å². The number of rotatable bonds is 2. The van der Waals surface area contributed by atoms with Gasteiger partial charge in [-0.25, -0.2) is 4.98 Å². The van der Waals surface area contributed by atoms with Crippen LogP contribution in [0.25, 0.3) is 135 Å². The van der Waals surface area contributed by atoms with E-state index in [1.54, 1.807) is 11.3 Å². The predicted molar refractivity (Wildman–Crippen MR) is 253 cm³/mol. The fourth-order valence-electron chi connectivity index (χ4n) is 10.8. The molecule has 0 unspecified atom stereocenters. The Hall–Kier alpha value is -7.80. The third-order valence-corrected chi connectivity index (χ3v) is 14.3. The minimum Gasteiger partial charge on any atom is -0.307 e. The molecule has 0 spiro atoms. The van der Waals surface area contributed by atoms with E-state index in [4.69, 9.17) is 9.97 Å². The van der Waals surface area contributed by atoms with Gasteiger partial charge >= 0.3 is 0 Å². The summed E-state index contributed by atoms with van der Waals surface area (Å²) in [7, 11) is 0. The number of thiophene rings is 1. The quantitative estimate of drug-likeness (QED) is 0.175. The highest BCUT2D eigenvalue weighted by Crippen LogP contribution is 2.49. The number of fused-ring (bicyclic) bond motifs is 20. The molecule has 0 fully saturated rings. The molecule has 15 aromatic rings. The van der Waals surface area contributed by atoms with E-state index >= 15 is 0 Å². The number of hydrogen-bond donors (Lipinski definition) is 0. The van der Waals surface area contributed by atoms with Crippen molar-refractivity contribution in [2.75, 3.05) is 0 Å². The molecule has 0 aliphatic carbocycles. The van der Waals surface area contributed by atoms with Crippen LogP contribution in [0.5, 0.6) is 0 Å². The van der Waals surface area contributed by atoms with Crippen LogP contribution in [0.2, 0.25) is 0 Å². The molecule has 0 radical (unpaired) electrons. The summed E-state index contributed by atoms with van der Waals surface area (Å²) in [5.41, 5.74) is 9.16. The molecule has 6 aromatic heterocycles. The smallest absolute Gasteiger partial charge is 0.237 e. The molecule has 0 amide bonds. The normalized spacial score (nSPS) is 12.7. The Balaban J connectivity index is 1.16. The van der Waals surface area contributed by atoms with Crippen LogP contribution in [0.4, 0.5) is 0 Å². The van der Waals surface area contributed by atoms with Gasteiger partial charge in [-0.1, -0.05) is 140 Å². The van der Waals surface area contributed by atoms with Crippen LogP contribution in [0.1, 0.15) is 0 Å². The van der Waals surface area contributed by atoms with Gasteiger partial charge in [0, 0.05) is 58.6 Å². The summed E-state index contributed by atoms with van der Waals surface area (Å²) in [5.74, 6) is 1.55.